The van der Waals surface area contributed by atoms with Gasteiger partial charge in [0.1, 0.15) is 0 Å². The third-order valence-electron chi connectivity index (χ3n) is 3.62. The number of pyridine rings is 2. The van der Waals surface area contributed by atoms with Gasteiger partial charge in [0.05, 0.1) is 0 Å². The first-order valence-electron chi connectivity index (χ1n) is 6.89. The highest BCUT2D eigenvalue weighted by Gasteiger charge is 2.17. The monoisotopic (exact) mass is 350 g/mol. The van der Waals surface area contributed by atoms with Gasteiger partial charge in [-0.1, -0.05) is 0 Å². The second-order valence-electron chi connectivity index (χ2n) is 5.11. The molecule has 0 N–H and O–H groups in total. The molecule has 3 heterocycles. The smallest absolute Gasteiger partial charge is 0.214 e. The van der Waals surface area contributed by atoms with Gasteiger partial charge < -0.3 is 4.90 Å². The number of hydrogen-bond donors (Lipinski definition) is 0. The van der Waals surface area contributed by atoms with Gasteiger partial charge in [-0.2, -0.15) is 4.39 Å². The number of halogens is 2. The molecule has 1 saturated heterocycles. The summed E-state index contributed by atoms with van der Waals surface area (Å²) >= 11 is 3.44. The average Bonchev–Trinajstić information content (AvgIpc) is 2.48. The van der Waals surface area contributed by atoms with Crippen LogP contribution in [0.25, 0.3) is 0 Å². The topological polar surface area (TPSA) is 32.3 Å². The van der Waals surface area contributed by atoms with E-state index in [1.807, 2.05) is 12.3 Å². The Morgan fingerprint density at radius 1 is 1.14 bits per heavy atom. The van der Waals surface area contributed by atoms with Crippen molar-refractivity contribution in [3.8, 4) is 0 Å². The molecule has 21 heavy (non-hydrogen) atoms. The maximum absolute atomic E-state index is 13.2. The van der Waals surface area contributed by atoms with Crippen LogP contribution >= 0.6 is 15.9 Å². The lowest BCUT2D eigenvalue weighted by atomic mass is 10.2. The summed E-state index contributed by atoms with van der Waals surface area (Å²) in [4.78, 5) is 12.4. The summed E-state index contributed by atoms with van der Waals surface area (Å²) in [6.45, 7) is 4.59. The molecule has 2 aromatic rings. The summed E-state index contributed by atoms with van der Waals surface area (Å²) in [6.07, 6.45) is 5.21. The Balaban J connectivity index is 1.58. The third kappa shape index (κ3) is 3.77. The first kappa shape index (κ1) is 14.4. The van der Waals surface area contributed by atoms with Crippen LogP contribution in [0.1, 0.15) is 5.56 Å². The molecule has 0 saturated carbocycles. The molecule has 0 radical (unpaired) electrons. The van der Waals surface area contributed by atoms with Crippen LogP contribution in [0.4, 0.5) is 10.1 Å². The molecule has 0 amide bonds. The van der Waals surface area contributed by atoms with Gasteiger partial charge in [-0.15, -0.1) is 0 Å². The minimum atomic E-state index is -0.421. The van der Waals surface area contributed by atoms with E-state index in [-0.39, 0.29) is 0 Å². The first-order valence-corrected chi connectivity index (χ1v) is 7.68. The van der Waals surface area contributed by atoms with Crippen molar-refractivity contribution in [3.05, 3.63) is 52.8 Å². The Labute approximate surface area is 131 Å². The lowest BCUT2D eigenvalue weighted by molar-refractivity contribution is 0.249. The van der Waals surface area contributed by atoms with E-state index in [2.05, 4.69) is 41.8 Å². The Bertz CT molecular complexity index is 614. The molecule has 0 spiro atoms. The maximum atomic E-state index is 13.2. The largest absolute Gasteiger partial charge is 0.369 e. The first-order chi connectivity index (χ1) is 10.2. The Morgan fingerprint density at radius 2 is 1.95 bits per heavy atom. The minimum absolute atomic E-state index is 0.421. The molecular weight excluding hydrogens is 335 g/mol. The highest BCUT2D eigenvalue weighted by atomic mass is 79.9. The summed E-state index contributed by atoms with van der Waals surface area (Å²) in [5.41, 5.74) is 2.11. The minimum Gasteiger partial charge on any atom is -0.369 e. The molecule has 0 unspecified atom stereocenters. The van der Waals surface area contributed by atoms with Crippen molar-refractivity contribution in [3.63, 3.8) is 0 Å². The van der Waals surface area contributed by atoms with Crippen LogP contribution in [0.15, 0.2) is 41.3 Å². The van der Waals surface area contributed by atoms with Gasteiger partial charge in [-0.25, -0.2) is 4.98 Å². The van der Waals surface area contributed by atoms with Gasteiger partial charge in [0.25, 0.3) is 0 Å². The second-order valence-corrected chi connectivity index (χ2v) is 6.03. The van der Waals surface area contributed by atoms with Crippen LogP contribution in [-0.2, 0) is 6.54 Å². The van der Waals surface area contributed by atoms with E-state index in [0.29, 0.717) is 0 Å². The quantitative estimate of drug-likeness (QED) is 0.796. The molecule has 110 valence electrons. The van der Waals surface area contributed by atoms with Crippen molar-refractivity contribution in [1.29, 1.82) is 0 Å². The van der Waals surface area contributed by atoms with E-state index in [1.165, 1.54) is 17.8 Å². The van der Waals surface area contributed by atoms with Gasteiger partial charge in [0.2, 0.25) is 5.95 Å². The lowest BCUT2D eigenvalue weighted by Gasteiger charge is -2.36. The number of anilines is 1. The molecule has 0 bridgehead atoms. The molecule has 1 aliphatic rings. The van der Waals surface area contributed by atoms with Crippen molar-refractivity contribution >= 4 is 21.6 Å². The van der Waals surface area contributed by atoms with E-state index in [0.717, 1.165) is 42.9 Å². The normalized spacial score (nSPS) is 16.2. The summed E-state index contributed by atoms with van der Waals surface area (Å²) in [5.74, 6) is -0.421. The number of nitrogens with zero attached hydrogens (tertiary/aromatic N) is 4. The van der Waals surface area contributed by atoms with E-state index in [9.17, 15) is 4.39 Å². The summed E-state index contributed by atoms with van der Waals surface area (Å²) < 4.78 is 14.2. The Kier molecular flexibility index (Phi) is 4.45. The average molecular weight is 351 g/mol. The van der Waals surface area contributed by atoms with Crippen molar-refractivity contribution in [2.45, 2.75) is 6.54 Å². The lowest BCUT2D eigenvalue weighted by Crippen LogP contribution is -2.46. The predicted molar refractivity (Wildman–Crippen MR) is 83.6 cm³/mol. The zero-order valence-electron chi connectivity index (χ0n) is 11.5. The van der Waals surface area contributed by atoms with Crippen molar-refractivity contribution in [2.75, 3.05) is 31.1 Å². The van der Waals surface area contributed by atoms with E-state index in [1.54, 1.807) is 6.20 Å². The molecule has 0 aromatic carbocycles. The number of piperazine rings is 1. The fourth-order valence-corrected chi connectivity index (χ4v) is 2.97. The molecular formula is C15H16BrFN4. The van der Waals surface area contributed by atoms with Gasteiger partial charge in [-0.05, 0) is 33.6 Å². The second kappa shape index (κ2) is 6.49. The number of aromatic nitrogens is 2. The van der Waals surface area contributed by atoms with Gasteiger partial charge in [0.15, 0.2) is 0 Å². The highest BCUT2D eigenvalue weighted by Crippen LogP contribution is 2.18. The number of hydrogen-bond acceptors (Lipinski definition) is 4. The molecule has 1 fully saturated rings. The van der Waals surface area contributed by atoms with Gasteiger partial charge in [-0.3, -0.25) is 9.88 Å². The van der Waals surface area contributed by atoms with E-state index >= 15 is 0 Å². The fourth-order valence-electron chi connectivity index (χ4n) is 2.55. The SMILES string of the molecule is Fc1cc(N2CCN(Cc3cncc(Br)c3)CC2)ccn1. The molecule has 6 heteroatoms. The summed E-state index contributed by atoms with van der Waals surface area (Å²) in [5, 5.41) is 0. The molecule has 2 aromatic heterocycles. The van der Waals surface area contributed by atoms with Crippen LogP contribution in [0.5, 0.6) is 0 Å². The van der Waals surface area contributed by atoms with Crippen LogP contribution in [-0.4, -0.2) is 41.0 Å². The van der Waals surface area contributed by atoms with Gasteiger partial charge >= 0.3 is 0 Å². The molecule has 0 aliphatic carbocycles. The van der Waals surface area contributed by atoms with Crippen LogP contribution < -0.4 is 4.90 Å². The van der Waals surface area contributed by atoms with Crippen molar-refractivity contribution in [2.24, 2.45) is 0 Å². The van der Waals surface area contributed by atoms with Crippen molar-refractivity contribution in [1.82, 2.24) is 14.9 Å². The van der Waals surface area contributed by atoms with E-state index in [4.69, 9.17) is 0 Å². The Morgan fingerprint density at radius 3 is 2.67 bits per heavy atom. The maximum Gasteiger partial charge on any atom is 0.214 e. The third-order valence-corrected chi connectivity index (χ3v) is 4.05. The number of rotatable bonds is 3. The zero-order chi connectivity index (χ0) is 14.7. The predicted octanol–water partition coefficient (Wildman–Crippen LogP) is 2.70. The van der Waals surface area contributed by atoms with Crippen LogP contribution in [0.2, 0.25) is 0 Å². The summed E-state index contributed by atoms with van der Waals surface area (Å²) in [6, 6.07) is 5.45. The highest BCUT2D eigenvalue weighted by molar-refractivity contribution is 9.10. The van der Waals surface area contributed by atoms with Crippen LogP contribution in [0.3, 0.4) is 0 Å². The van der Waals surface area contributed by atoms with Gasteiger partial charge in [0, 0.05) is 67.5 Å². The van der Waals surface area contributed by atoms with E-state index < -0.39 is 5.95 Å². The molecule has 0 atom stereocenters. The molecule has 1 aliphatic heterocycles. The van der Waals surface area contributed by atoms with Crippen molar-refractivity contribution < 1.29 is 4.39 Å². The van der Waals surface area contributed by atoms with Crippen LogP contribution in [0, 0.1) is 5.95 Å². The Hall–Kier alpha value is -1.53. The zero-order valence-corrected chi connectivity index (χ0v) is 13.1. The standard InChI is InChI=1S/C15H16BrFN4/c16-13-7-12(9-18-10-13)11-20-3-5-21(6-4-20)14-1-2-19-15(17)8-14/h1-2,7-10H,3-6,11H2. The summed E-state index contributed by atoms with van der Waals surface area (Å²) in [7, 11) is 0. The molecule has 4 nitrogen and oxygen atoms in total. The molecule has 3 rings (SSSR count). The fraction of sp³-hybridized carbons (Fsp3) is 0.333.